The van der Waals surface area contributed by atoms with Gasteiger partial charge in [-0.15, -0.1) is 0 Å². The molecule has 0 unspecified atom stereocenters. The van der Waals surface area contributed by atoms with Crippen LogP contribution in [-0.4, -0.2) is 24.7 Å². The van der Waals surface area contributed by atoms with E-state index in [0.717, 1.165) is 11.3 Å². The zero-order chi connectivity index (χ0) is 19.8. The Morgan fingerprint density at radius 1 is 1.18 bits per heavy atom. The molecular weight excluding hydrogens is 348 g/mol. The SMILES string of the molecule is C=CCOc1ccc(C=C[C@]23NC(=O)CCN2c2ccccc2C3(C)C)cc1. The first-order chi connectivity index (χ1) is 13.5. The van der Waals surface area contributed by atoms with Crippen LogP contribution in [0.3, 0.4) is 0 Å². The summed E-state index contributed by atoms with van der Waals surface area (Å²) in [4.78, 5) is 14.7. The van der Waals surface area contributed by atoms with E-state index in [0.29, 0.717) is 19.6 Å². The van der Waals surface area contributed by atoms with E-state index < -0.39 is 5.66 Å². The second-order valence-corrected chi connectivity index (χ2v) is 7.86. The Morgan fingerprint density at radius 2 is 1.93 bits per heavy atom. The van der Waals surface area contributed by atoms with Crippen molar-refractivity contribution < 1.29 is 9.53 Å². The lowest BCUT2D eigenvalue weighted by Crippen LogP contribution is -2.68. The first kappa shape index (κ1) is 18.4. The highest BCUT2D eigenvalue weighted by molar-refractivity contribution is 5.84. The van der Waals surface area contributed by atoms with Gasteiger partial charge in [-0.3, -0.25) is 4.79 Å². The molecule has 1 atom stereocenters. The van der Waals surface area contributed by atoms with Crippen LogP contribution >= 0.6 is 0 Å². The van der Waals surface area contributed by atoms with Gasteiger partial charge in [0.05, 0.1) is 0 Å². The van der Waals surface area contributed by atoms with Crippen molar-refractivity contribution in [3.05, 3.63) is 78.4 Å². The quantitative estimate of drug-likeness (QED) is 0.795. The Labute approximate surface area is 166 Å². The second-order valence-electron chi connectivity index (χ2n) is 7.86. The minimum absolute atomic E-state index is 0.0926. The first-order valence-corrected chi connectivity index (χ1v) is 9.69. The lowest BCUT2D eigenvalue weighted by atomic mass is 9.74. The van der Waals surface area contributed by atoms with Crippen LogP contribution in [-0.2, 0) is 10.2 Å². The Hall–Kier alpha value is -3.01. The molecule has 4 nitrogen and oxygen atoms in total. The predicted molar refractivity (Wildman–Crippen MR) is 113 cm³/mol. The number of hydrogen-bond acceptors (Lipinski definition) is 3. The minimum atomic E-state index is -0.579. The zero-order valence-corrected chi connectivity index (χ0v) is 16.4. The fourth-order valence-electron chi connectivity index (χ4n) is 4.37. The van der Waals surface area contributed by atoms with Crippen molar-refractivity contribution in [2.45, 2.75) is 31.3 Å². The molecule has 1 amide bonds. The fraction of sp³-hybridized carbons (Fsp3) is 0.292. The normalized spacial score (nSPS) is 22.5. The number of carbonyl (C=O) groups is 1. The van der Waals surface area contributed by atoms with E-state index >= 15 is 0 Å². The number of anilines is 1. The van der Waals surface area contributed by atoms with E-state index in [1.807, 2.05) is 24.3 Å². The maximum Gasteiger partial charge on any atom is 0.223 e. The Morgan fingerprint density at radius 3 is 2.68 bits per heavy atom. The number of para-hydroxylation sites is 1. The summed E-state index contributed by atoms with van der Waals surface area (Å²) < 4.78 is 5.55. The number of fused-ring (bicyclic) bond motifs is 3. The minimum Gasteiger partial charge on any atom is -0.490 e. The van der Waals surface area contributed by atoms with Gasteiger partial charge in [-0.05, 0) is 35.4 Å². The molecule has 4 rings (SSSR count). The second kappa shape index (κ2) is 6.86. The highest BCUT2D eigenvalue weighted by atomic mass is 16.5. The molecule has 2 aromatic rings. The van der Waals surface area contributed by atoms with Crippen molar-refractivity contribution in [1.29, 1.82) is 0 Å². The molecule has 0 spiro atoms. The molecular formula is C24H26N2O2. The number of amides is 1. The van der Waals surface area contributed by atoms with Crippen LogP contribution in [0.15, 0.2) is 67.3 Å². The third kappa shape index (κ3) is 2.80. The molecule has 2 aliphatic heterocycles. The van der Waals surface area contributed by atoms with E-state index in [-0.39, 0.29) is 11.3 Å². The summed E-state index contributed by atoms with van der Waals surface area (Å²) in [5.41, 5.74) is 2.68. The molecule has 144 valence electrons. The summed E-state index contributed by atoms with van der Waals surface area (Å²) in [6.45, 7) is 9.28. The number of nitrogens with zero attached hydrogens (tertiary/aromatic N) is 1. The standard InChI is InChI=1S/C24H26N2O2/c1-4-17-28-19-11-9-18(10-12-19)13-15-24-23(2,3)20-7-5-6-8-21(20)26(24)16-14-22(27)25-24/h4-13,15H,1,14,16-17H2,2-3H3,(H,25,27)/t24-/m0/s1. The molecule has 4 heteroatoms. The van der Waals surface area contributed by atoms with Crippen molar-refractivity contribution in [1.82, 2.24) is 5.32 Å². The topological polar surface area (TPSA) is 41.6 Å². The summed E-state index contributed by atoms with van der Waals surface area (Å²) >= 11 is 0. The fourth-order valence-corrected chi connectivity index (χ4v) is 4.37. The van der Waals surface area contributed by atoms with Gasteiger partial charge in [-0.25, -0.2) is 0 Å². The van der Waals surface area contributed by atoms with Crippen molar-refractivity contribution in [3.8, 4) is 5.75 Å². The molecule has 0 bridgehead atoms. The number of ether oxygens (including phenoxy) is 1. The third-order valence-electron chi connectivity index (χ3n) is 5.90. The highest BCUT2D eigenvalue weighted by Crippen LogP contribution is 2.52. The Balaban J connectivity index is 1.70. The van der Waals surface area contributed by atoms with Gasteiger partial charge in [0.2, 0.25) is 5.91 Å². The van der Waals surface area contributed by atoms with Crippen LogP contribution in [0.2, 0.25) is 0 Å². The summed E-state index contributed by atoms with van der Waals surface area (Å²) in [6, 6.07) is 16.4. The van der Waals surface area contributed by atoms with E-state index in [4.69, 9.17) is 4.74 Å². The van der Waals surface area contributed by atoms with Crippen LogP contribution in [0.4, 0.5) is 5.69 Å². The average Bonchev–Trinajstić information content (AvgIpc) is 2.90. The number of rotatable bonds is 5. The number of carbonyl (C=O) groups excluding carboxylic acids is 1. The van der Waals surface area contributed by atoms with E-state index in [2.05, 4.69) is 67.1 Å². The summed E-state index contributed by atoms with van der Waals surface area (Å²) in [5.74, 6) is 0.909. The van der Waals surface area contributed by atoms with Gasteiger partial charge in [0.25, 0.3) is 0 Å². The first-order valence-electron chi connectivity index (χ1n) is 9.69. The smallest absolute Gasteiger partial charge is 0.223 e. The molecule has 0 aliphatic carbocycles. The van der Waals surface area contributed by atoms with Crippen LogP contribution in [0.25, 0.3) is 6.08 Å². The third-order valence-corrected chi connectivity index (χ3v) is 5.90. The summed E-state index contributed by atoms with van der Waals surface area (Å²) in [6.07, 6.45) is 6.47. The van der Waals surface area contributed by atoms with E-state index in [1.54, 1.807) is 6.08 Å². The predicted octanol–water partition coefficient (Wildman–Crippen LogP) is 4.28. The number of benzene rings is 2. The highest BCUT2D eigenvalue weighted by Gasteiger charge is 2.57. The Kier molecular flexibility index (Phi) is 4.50. The molecule has 0 aromatic heterocycles. The molecule has 28 heavy (non-hydrogen) atoms. The van der Waals surface area contributed by atoms with Crippen LogP contribution < -0.4 is 15.0 Å². The van der Waals surface area contributed by atoms with Crippen LogP contribution in [0, 0.1) is 0 Å². The van der Waals surface area contributed by atoms with Gasteiger partial charge in [0.1, 0.15) is 18.0 Å². The maximum absolute atomic E-state index is 12.4. The zero-order valence-electron chi connectivity index (χ0n) is 16.4. The average molecular weight is 374 g/mol. The molecule has 1 N–H and O–H groups in total. The van der Waals surface area contributed by atoms with E-state index in [1.165, 1.54) is 11.3 Å². The number of nitrogens with one attached hydrogen (secondary N) is 1. The lowest BCUT2D eigenvalue weighted by Gasteiger charge is -2.49. The van der Waals surface area contributed by atoms with Gasteiger partial charge in [0.15, 0.2) is 0 Å². The molecule has 1 fully saturated rings. The molecule has 0 radical (unpaired) electrons. The van der Waals surface area contributed by atoms with Crippen molar-refractivity contribution in [2.24, 2.45) is 0 Å². The molecule has 1 saturated heterocycles. The molecule has 2 heterocycles. The van der Waals surface area contributed by atoms with Crippen LogP contribution in [0.1, 0.15) is 31.4 Å². The monoisotopic (exact) mass is 374 g/mol. The van der Waals surface area contributed by atoms with Crippen molar-refractivity contribution in [3.63, 3.8) is 0 Å². The number of hydrogen-bond donors (Lipinski definition) is 1. The maximum atomic E-state index is 12.4. The molecule has 2 aromatic carbocycles. The lowest BCUT2D eigenvalue weighted by molar-refractivity contribution is -0.124. The summed E-state index contributed by atoms with van der Waals surface area (Å²) in [7, 11) is 0. The Bertz CT molecular complexity index is 930. The van der Waals surface area contributed by atoms with Crippen molar-refractivity contribution in [2.75, 3.05) is 18.1 Å². The van der Waals surface area contributed by atoms with Crippen LogP contribution in [0.5, 0.6) is 5.75 Å². The van der Waals surface area contributed by atoms with Gasteiger partial charge in [-0.1, -0.05) is 62.9 Å². The van der Waals surface area contributed by atoms with Crippen molar-refractivity contribution >= 4 is 17.7 Å². The summed E-state index contributed by atoms with van der Waals surface area (Å²) in [5, 5.41) is 3.30. The largest absolute Gasteiger partial charge is 0.490 e. The van der Waals surface area contributed by atoms with Gasteiger partial charge >= 0.3 is 0 Å². The van der Waals surface area contributed by atoms with Gasteiger partial charge in [0, 0.05) is 24.1 Å². The molecule has 0 saturated carbocycles. The molecule has 2 aliphatic rings. The van der Waals surface area contributed by atoms with Gasteiger partial charge in [-0.2, -0.15) is 0 Å². The van der Waals surface area contributed by atoms with E-state index in [9.17, 15) is 4.79 Å². The van der Waals surface area contributed by atoms with Gasteiger partial charge < -0.3 is 15.0 Å².